The summed E-state index contributed by atoms with van der Waals surface area (Å²) in [7, 11) is -3.55. The van der Waals surface area contributed by atoms with Gasteiger partial charge in [0.05, 0.1) is 4.90 Å². The van der Waals surface area contributed by atoms with Crippen molar-refractivity contribution in [3.8, 4) is 5.75 Å². The SMILES string of the molecule is CC(C)(C)CCNS(=O)(=O)c1ccc(OCC(=O)O)cc1. The highest BCUT2D eigenvalue weighted by Crippen LogP contribution is 2.19. The molecular weight excluding hydrogens is 294 g/mol. The van der Waals surface area contributed by atoms with Gasteiger partial charge in [0.2, 0.25) is 10.0 Å². The van der Waals surface area contributed by atoms with Crippen LogP contribution >= 0.6 is 0 Å². The number of carboxylic acids is 1. The molecule has 0 unspecified atom stereocenters. The van der Waals surface area contributed by atoms with Crippen molar-refractivity contribution in [2.75, 3.05) is 13.2 Å². The summed E-state index contributed by atoms with van der Waals surface area (Å²) in [6, 6.07) is 5.63. The number of carboxylic acid groups (broad SMARTS) is 1. The van der Waals surface area contributed by atoms with Gasteiger partial charge in [-0.3, -0.25) is 0 Å². The van der Waals surface area contributed by atoms with Crippen LogP contribution in [0.5, 0.6) is 5.75 Å². The second-order valence-corrected chi connectivity index (χ2v) is 7.63. The number of benzene rings is 1. The predicted octanol–water partition coefficient (Wildman–Crippen LogP) is 1.86. The van der Waals surface area contributed by atoms with Gasteiger partial charge in [-0.05, 0) is 36.1 Å². The molecule has 0 bridgehead atoms. The van der Waals surface area contributed by atoms with Crippen LogP contribution in [0.2, 0.25) is 0 Å². The molecule has 0 atom stereocenters. The number of hydrogen-bond acceptors (Lipinski definition) is 4. The summed E-state index contributed by atoms with van der Waals surface area (Å²) < 4.78 is 31.6. The normalized spacial score (nSPS) is 12.1. The van der Waals surface area contributed by atoms with E-state index in [2.05, 4.69) is 4.72 Å². The Morgan fingerprint density at radius 2 is 1.81 bits per heavy atom. The molecule has 0 aliphatic carbocycles. The number of hydrogen-bond donors (Lipinski definition) is 2. The maximum Gasteiger partial charge on any atom is 0.341 e. The topological polar surface area (TPSA) is 92.7 Å². The van der Waals surface area contributed by atoms with Crippen molar-refractivity contribution in [1.82, 2.24) is 4.72 Å². The average molecular weight is 315 g/mol. The van der Waals surface area contributed by atoms with Crippen molar-refractivity contribution < 1.29 is 23.1 Å². The summed E-state index contributed by atoms with van der Waals surface area (Å²) in [6.07, 6.45) is 0.728. The highest BCUT2D eigenvalue weighted by molar-refractivity contribution is 7.89. The molecule has 0 fully saturated rings. The van der Waals surface area contributed by atoms with E-state index in [9.17, 15) is 13.2 Å². The zero-order valence-corrected chi connectivity index (χ0v) is 13.2. The minimum Gasteiger partial charge on any atom is -0.482 e. The van der Waals surface area contributed by atoms with Gasteiger partial charge >= 0.3 is 5.97 Å². The Morgan fingerprint density at radius 1 is 1.24 bits per heavy atom. The fraction of sp³-hybridized carbons (Fsp3) is 0.500. The number of carbonyl (C=O) groups is 1. The molecule has 118 valence electrons. The van der Waals surface area contributed by atoms with Crippen molar-refractivity contribution in [2.45, 2.75) is 32.1 Å². The van der Waals surface area contributed by atoms with Gasteiger partial charge in [-0.25, -0.2) is 17.9 Å². The Labute approximate surface area is 125 Å². The van der Waals surface area contributed by atoms with Gasteiger partial charge in [-0.1, -0.05) is 20.8 Å². The van der Waals surface area contributed by atoms with Crippen LogP contribution in [0.1, 0.15) is 27.2 Å². The van der Waals surface area contributed by atoms with Crippen LogP contribution in [0.25, 0.3) is 0 Å². The van der Waals surface area contributed by atoms with E-state index in [4.69, 9.17) is 9.84 Å². The lowest BCUT2D eigenvalue weighted by atomic mass is 9.93. The first-order valence-corrected chi connectivity index (χ1v) is 8.03. The molecule has 0 aromatic heterocycles. The van der Waals surface area contributed by atoms with Crippen LogP contribution < -0.4 is 9.46 Å². The fourth-order valence-electron chi connectivity index (χ4n) is 1.50. The second kappa shape index (κ2) is 6.91. The maximum atomic E-state index is 12.0. The molecule has 6 nitrogen and oxygen atoms in total. The summed E-state index contributed by atoms with van der Waals surface area (Å²) in [5, 5.41) is 8.49. The molecular formula is C14H21NO5S. The number of aliphatic carboxylic acids is 1. The first kappa shape index (κ1) is 17.5. The standard InChI is InChI=1S/C14H21NO5S/c1-14(2,3)8-9-15-21(18,19)12-6-4-11(5-7-12)20-10-13(16)17/h4-7,15H,8-10H2,1-3H3,(H,16,17). The second-order valence-electron chi connectivity index (χ2n) is 5.86. The van der Waals surface area contributed by atoms with Gasteiger partial charge in [-0.15, -0.1) is 0 Å². The van der Waals surface area contributed by atoms with Gasteiger partial charge in [0.25, 0.3) is 0 Å². The van der Waals surface area contributed by atoms with Crippen LogP contribution in [0.4, 0.5) is 0 Å². The third kappa shape index (κ3) is 6.59. The van der Waals surface area contributed by atoms with E-state index in [-0.39, 0.29) is 10.3 Å². The maximum absolute atomic E-state index is 12.0. The van der Waals surface area contributed by atoms with Gasteiger partial charge in [0.1, 0.15) is 5.75 Å². The van der Waals surface area contributed by atoms with Crippen LogP contribution in [0, 0.1) is 5.41 Å². The lowest BCUT2D eigenvalue weighted by molar-refractivity contribution is -0.139. The van der Waals surface area contributed by atoms with Crippen molar-refractivity contribution in [2.24, 2.45) is 5.41 Å². The van der Waals surface area contributed by atoms with Gasteiger partial charge in [0.15, 0.2) is 6.61 Å². The summed E-state index contributed by atoms with van der Waals surface area (Å²) in [5.41, 5.74) is 0.0526. The van der Waals surface area contributed by atoms with Crippen molar-refractivity contribution >= 4 is 16.0 Å². The lowest BCUT2D eigenvalue weighted by Crippen LogP contribution is -2.27. The van der Waals surface area contributed by atoms with Crippen LogP contribution in [0.3, 0.4) is 0 Å². The Balaban J connectivity index is 2.65. The molecule has 1 aromatic carbocycles. The molecule has 0 heterocycles. The average Bonchev–Trinajstić information content (AvgIpc) is 2.35. The minimum absolute atomic E-state index is 0.0526. The third-order valence-electron chi connectivity index (χ3n) is 2.66. The molecule has 0 saturated heterocycles. The molecule has 2 N–H and O–H groups in total. The summed E-state index contributed by atoms with van der Waals surface area (Å²) in [5.74, 6) is -0.776. The Kier molecular flexibility index (Phi) is 5.74. The fourth-order valence-corrected chi connectivity index (χ4v) is 2.54. The van der Waals surface area contributed by atoms with Crippen molar-refractivity contribution in [1.29, 1.82) is 0 Å². The lowest BCUT2D eigenvalue weighted by Gasteiger charge is -2.18. The minimum atomic E-state index is -3.55. The first-order valence-electron chi connectivity index (χ1n) is 6.54. The smallest absolute Gasteiger partial charge is 0.341 e. The molecule has 0 amide bonds. The zero-order chi connectivity index (χ0) is 16.1. The zero-order valence-electron chi connectivity index (χ0n) is 12.4. The monoisotopic (exact) mass is 315 g/mol. The van der Waals surface area contributed by atoms with Gasteiger partial charge < -0.3 is 9.84 Å². The van der Waals surface area contributed by atoms with E-state index in [1.807, 2.05) is 20.8 Å². The van der Waals surface area contributed by atoms with Crippen LogP contribution in [-0.4, -0.2) is 32.6 Å². The van der Waals surface area contributed by atoms with Crippen LogP contribution in [0.15, 0.2) is 29.2 Å². The van der Waals surface area contributed by atoms with E-state index in [1.165, 1.54) is 24.3 Å². The Morgan fingerprint density at radius 3 is 2.29 bits per heavy atom. The third-order valence-corrected chi connectivity index (χ3v) is 4.14. The molecule has 21 heavy (non-hydrogen) atoms. The predicted molar refractivity (Wildman–Crippen MR) is 78.8 cm³/mol. The van der Waals surface area contributed by atoms with E-state index in [0.29, 0.717) is 12.3 Å². The highest BCUT2D eigenvalue weighted by atomic mass is 32.2. The number of rotatable bonds is 7. The molecule has 0 radical (unpaired) electrons. The molecule has 0 saturated carbocycles. The largest absolute Gasteiger partial charge is 0.482 e. The quantitative estimate of drug-likeness (QED) is 0.801. The van der Waals surface area contributed by atoms with Crippen molar-refractivity contribution in [3.05, 3.63) is 24.3 Å². The number of ether oxygens (including phenoxy) is 1. The van der Waals surface area contributed by atoms with Crippen molar-refractivity contribution in [3.63, 3.8) is 0 Å². The van der Waals surface area contributed by atoms with Gasteiger partial charge in [-0.2, -0.15) is 0 Å². The Hall–Kier alpha value is -1.60. The summed E-state index contributed by atoms with van der Waals surface area (Å²) in [6.45, 7) is 6.01. The van der Waals surface area contributed by atoms with Gasteiger partial charge in [0, 0.05) is 6.54 Å². The van der Waals surface area contributed by atoms with E-state index in [1.54, 1.807) is 0 Å². The van der Waals surface area contributed by atoms with E-state index < -0.39 is 22.6 Å². The molecule has 1 aromatic rings. The molecule has 1 rings (SSSR count). The molecule has 7 heteroatoms. The van der Waals surface area contributed by atoms with E-state index >= 15 is 0 Å². The molecule has 0 aliphatic heterocycles. The number of nitrogens with one attached hydrogen (secondary N) is 1. The molecule has 0 spiro atoms. The first-order chi connectivity index (χ1) is 9.60. The van der Waals surface area contributed by atoms with Crippen LogP contribution in [-0.2, 0) is 14.8 Å². The Bertz CT molecular complexity index is 572. The highest BCUT2D eigenvalue weighted by Gasteiger charge is 2.16. The summed E-state index contributed by atoms with van der Waals surface area (Å²) >= 11 is 0. The van der Waals surface area contributed by atoms with E-state index in [0.717, 1.165) is 6.42 Å². The summed E-state index contributed by atoms with van der Waals surface area (Å²) in [4.78, 5) is 10.5. The number of sulfonamides is 1. The molecule has 0 aliphatic rings.